The van der Waals surface area contributed by atoms with Gasteiger partial charge in [-0.05, 0) is 48.9 Å². The number of halogens is 2. The normalized spacial score (nSPS) is 11.1. The SMILES string of the molecule is Cc1ccc(-c2oc(-c3ccc(Cl)cc3)cc2-n2c(-c3ccc(Cl)cc3)csc2=O)cc1. The van der Waals surface area contributed by atoms with Crippen LogP contribution in [-0.4, -0.2) is 4.57 Å². The minimum Gasteiger partial charge on any atom is -0.454 e. The smallest absolute Gasteiger partial charge is 0.312 e. The van der Waals surface area contributed by atoms with Crippen LogP contribution in [0.3, 0.4) is 0 Å². The van der Waals surface area contributed by atoms with Gasteiger partial charge in [-0.25, -0.2) is 0 Å². The van der Waals surface area contributed by atoms with Crippen LogP contribution in [0.15, 0.2) is 93.5 Å². The lowest BCUT2D eigenvalue weighted by Crippen LogP contribution is -2.12. The molecule has 3 nitrogen and oxygen atoms in total. The van der Waals surface area contributed by atoms with Crippen molar-refractivity contribution in [3.8, 4) is 39.6 Å². The molecular formula is C26H17Cl2NO2S. The predicted octanol–water partition coefficient (Wildman–Crippen LogP) is 8.11. The summed E-state index contributed by atoms with van der Waals surface area (Å²) >= 11 is 13.3. The molecule has 0 unspecified atom stereocenters. The molecule has 158 valence electrons. The van der Waals surface area contributed by atoms with Crippen molar-refractivity contribution in [2.75, 3.05) is 0 Å². The highest BCUT2D eigenvalue weighted by Crippen LogP contribution is 2.37. The lowest BCUT2D eigenvalue weighted by atomic mass is 10.1. The number of hydrogen-bond acceptors (Lipinski definition) is 3. The lowest BCUT2D eigenvalue weighted by Gasteiger charge is -2.08. The Morgan fingerprint density at radius 3 is 1.97 bits per heavy atom. The summed E-state index contributed by atoms with van der Waals surface area (Å²) in [6.07, 6.45) is 0. The lowest BCUT2D eigenvalue weighted by molar-refractivity contribution is 0.595. The fourth-order valence-electron chi connectivity index (χ4n) is 3.57. The fraction of sp³-hybridized carbons (Fsp3) is 0.0385. The molecule has 0 atom stereocenters. The molecule has 3 aromatic carbocycles. The Hall–Kier alpha value is -3.05. The minimum absolute atomic E-state index is 0.0910. The maximum absolute atomic E-state index is 13.0. The van der Waals surface area contributed by atoms with Crippen LogP contribution in [0.2, 0.25) is 10.0 Å². The Morgan fingerprint density at radius 1 is 0.781 bits per heavy atom. The van der Waals surface area contributed by atoms with Crippen LogP contribution in [0.25, 0.3) is 39.6 Å². The van der Waals surface area contributed by atoms with Crippen LogP contribution in [0.1, 0.15) is 5.56 Å². The summed E-state index contributed by atoms with van der Waals surface area (Å²) < 4.78 is 8.04. The number of nitrogens with zero attached hydrogens (tertiary/aromatic N) is 1. The molecule has 5 aromatic rings. The average Bonchev–Trinajstić information content (AvgIpc) is 3.39. The summed E-state index contributed by atoms with van der Waals surface area (Å²) in [7, 11) is 0. The number of aryl methyl sites for hydroxylation is 1. The Bertz CT molecular complexity index is 1440. The van der Waals surface area contributed by atoms with Crippen LogP contribution in [0.4, 0.5) is 0 Å². The highest BCUT2D eigenvalue weighted by molar-refractivity contribution is 7.07. The Balaban J connectivity index is 1.74. The second-order valence-corrected chi connectivity index (χ2v) is 9.12. The second kappa shape index (κ2) is 8.47. The number of aromatic nitrogens is 1. The predicted molar refractivity (Wildman–Crippen MR) is 133 cm³/mol. The van der Waals surface area contributed by atoms with Crippen molar-refractivity contribution in [3.63, 3.8) is 0 Å². The first-order valence-corrected chi connectivity index (χ1v) is 11.6. The van der Waals surface area contributed by atoms with E-state index in [4.69, 9.17) is 27.6 Å². The molecule has 32 heavy (non-hydrogen) atoms. The molecule has 5 rings (SSSR count). The van der Waals surface area contributed by atoms with Crippen molar-refractivity contribution in [3.05, 3.63) is 110 Å². The quantitative estimate of drug-likeness (QED) is 0.262. The van der Waals surface area contributed by atoms with E-state index in [1.165, 1.54) is 0 Å². The van der Waals surface area contributed by atoms with Crippen molar-refractivity contribution in [2.24, 2.45) is 0 Å². The molecule has 0 bridgehead atoms. The molecule has 0 aliphatic carbocycles. The zero-order valence-electron chi connectivity index (χ0n) is 17.0. The van der Waals surface area contributed by atoms with Gasteiger partial charge in [0, 0.05) is 32.6 Å². The Kier molecular flexibility index (Phi) is 5.51. The summed E-state index contributed by atoms with van der Waals surface area (Å²) in [5.74, 6) is 1.29. The molecule has 2 aromatic heterocycles. The van der Waals surface area contributed by atoms with Gasteiger partial charge in [0.05, 0.1) is 11.4 Å². The van der Waals surface area contributed by atoms with E-state index in [-0.39, 0.29) is 4.87 Å². The molecule has 0 aliphatic heterocycles. The number of thiazole rings is 1. The maximum Gasteiger partial charge on any atom is 0.312 e. The molecule has 0 fully saturated rings. The first-order valence-electron chi connectivity index (χ1n) is 9.93. The van der Waals surface area contributed by atoms with Gasteiger partial charge in [-0.3, -0.25) is 9.36 Å². The Labute approximate surface area is 199 Å². The van der Waals surface area contributed by atoms with Crippen LogP contribution in [0, 0.1) is 6.92 Å². The van der Waals surface area contributed by atoms with Crippen molar-refractivity contribution in [1.82, 2.24) is 4.57 Å². The molecule has 0 radical (unpaired) electrons. The van der Waals surface area contributed by atoms with Gasteiger partial charge >= 0.3 is 4.87 Å². The zero-order valence-corrected chi connectivity index (χ0v) is 19.3. The van der Waals surface area contributed by atoms with E-state index in [1.807, 2.05) is 91.2 Å². The molecule has 0 spiro atoms. The van der Waals surface area contributed by atoms with Gasteiger partial charge in [0.2, 0.25) is 0 Å². The van der Waals surface area contributed by atoms with Crippen molar-refractivity contribution >= 4 is 34.5 Å². The summed E-state index contributed by atoms with van der Waals surface area (Å²) in [6, 6.07) is 24.9. The first-order chi connectivity index (χ1) is 15.5. The topological polar surface area (TPSA) is 35.1 Å². The third-order valence-electron chi connectivity index (χ3n) is 5.23. The van der Waals surface area contributed by atoms with Crippen LogP contribution in [0.5, 0.6) is 0 Å². The molecular weight excluding hydrogens is 461 g/mol. The van der Waals surface area contributed by atoms with E-state index in [0.29, 0.717) is 27.3 Å². The molecule has 0 saturated carbocycles. The number of furan rings is 1. The van der Waals surface area contributed by atoms with E-state index in [9.17, 15) is 4.79 Å². The van der Waals surface area contributed by atoms with Crippen LogP contribution in [-0.2, 0) is 0 Å². The third-order valence-corrected chi connectivity index (χ3v) is 6.46. The van der Waals surface area contributed by atoms with Crippen LogP contribution >= 0.6 is 34.5 Å². The fourth-order valence-corrected chi connectivity index (χ4v) is 4.58. The van der Waals surface area contributed by atoms with Gasteiger partial charge in [-0.2, -0.15) is 0 Å². The van der Waals surface area contributed by atoms with Gasteiger partial charge in [-0.1, -0.05) is 76.5 Å². The number of benzene rings is 3. The molecule has 0 saturated heterocycles. The summed E-state index contributed by atoms with van der Waals surface area (Å²) in [5, 5.41) is 3.16. The molecule has 0 aliphatic rings. The van der Waals surface area contributed by atoms with Gasteiger partial charge in [0.25, 0.3) is 0 Å². The van der Waals surface area contributed by atoms with E-state index in [1.54, 1.807) is 4.57 Å². The number of rotatable bonds is 4. The molecule has 0 amide bonds. The average molecular weight is 478 g/mol. The highest BCUT2D eigenvalue weighted by Gasteiger charge is 2.21. The van der Waals surface area contributed by atoms with Gasteiger partial charge < -0.3 is 4.42 Å². The summed E-state index contributed by atoms with van der Waals surface area (Å²) in [5.41, 5.74) is 5.30. The molecule has 2 heterocycles. The van der Waals surface area contributed by atoms with Gasteiger partial charge in [0.15, 0.2) is 5.76 Å². The molecule has 6 heteroatoms. The van der Waals surface area contributed by atoms with Gasteiger partial charge in [-0.15, -0.1) is 0 Å². The summed E-state index contributed by atoms with van der Waals surface area (Å²) in [6.45, 7) is 2.04. The first kappa shape index (κ1) is 20.8. The zero-order chi connectivity index (χ0) is 22.2. The Morgan fingerprint density at radius 2 is 1.34 bits per heavy atom. The van der Waals surface area contributed by atoms with Crippen LogP contribution < -0.4 is 4.87 Å². The monoisotopic (exact) mass is 477 g/mol. The second-order valence-electron chi connectivity index (χ2n) is 7.43. The van der Waals surface area contributed by atoms with Crippen molar-refractivity contribution in [1.29, 1.82) is 0 Å². The molecule has 0 N–H and O–H groups in total. The maximum atomic E-state index is 13.0. The van der Waals surface area contributed by atoms with Gasteiger partial charge in [0.1, 0.15) is 5.76 Å². The van der Waals surface area contributed by atoms with E-state index in [2.05, 4.69) is 0 Å². The van der Waals surface area contributed by atoms with E-state index in [0.717, 1.165) is 39.3 Å². The van der Waals surface area contributed by atoms with E-state index < -0.39 is 0 Å². The largest absolute Gasteiger partial charge is 0.454 e. The minimum atomic E-state index is -0.0910. The van der Waals surface area contributed by atoms with E-state index >= 15 is 0 Å². The highest BCUT2D eigenvalue weighted by atomic mass is 35.5. The standard InChI is InChI=1S/C26H17Cl2NO2S/c1-16-2-4-19(5-3-16)25-22(14-24(31-25)18-8-12-21(28)13-9-18)29-23(15-32-26(29)30)17-6-10-20(27)11-7-17/h2-15H,1H3. The van der Waals surface area contributed by atoms with Crippen molar-refractivity contribution < 1.29 is 4.42 Å². The number of hydrogen-bond donors (Lipinski definition) is 0. The van der Waals surface area contributed by atoms with Crippen molar-refractivity contribution in [2.45, 2.75) is 6.92 Å². The summed E-state index contributed by atoms with van der Waals surface area (Å²) in [4.78, 5) is 12.9. The third kappa shape index (κ3) is 3.93.